The van der Waals surface area contributed by atoms with Crippen molar-refractivity contribution in [3.05, 3.63) is 47.5 Å². The molecule has 0 aliphatic rings. The van der Waals surface area contributed by atoms with Crippen LogP contribution in [0.15, 0.2) is 36.4 Å². The van der Waals surface area contributed by atoms with Gasteiger partial charge in [-0.25, -0.2) is 0 Å². The van der Waals surface area contributed by atoms with E-state index in [1.54, 1.807) is 0 Å². The molecule has 0 bridgehead atoms. The van der Waals surface area contributed by atoms with Gasteiger partial charge in [0.15, 0.2) is 17.7 Å². The highest BCUT2D eigenvalue weighted by Gasteiger charge is 2.22. The van der Waals surface area contributed by atoms with Gasteiger partial charge in [0.25, 0.3) is 0 Å². The first-order valence-corrected chi connectivity index (χ1v) is 10.6. The van der Waals surface area contributed by atoms with E-state index in [2.05, 4.69) is 0 Å². The minimum atomic E-state index is -0.943. The van der Waals surface area contributed by atoms with Crippen LogP contribution in [0, 0.1) is 0 Å². The Morgan fingerprint density at radius 3 is 1.29 bits per heavy atom. The maximum Gasteiger partial charge on any atom is 0.308 e. The molecule has 0 aromatic heterocycles. The van der Waals surface area contributed by atoms with Gasteiger partial charge in [-0.05, 0) is 38.1 Å². The number of esters is 3. The van der Waals surface area contributed by atoms with E-state index in [-0.39, 0.29) is 47.3 Å². The molecule has 0 radical (unpaired) electrons. The molecule has 10 heteroatoms. The smallest absolute Gasteiger partial charge is 0.308 e. The lowest BCUT2D eigenvalue weighted by molar-refractivity contribution is -0.149. The Labute approximate surface area is 202 Å². The number of benzene rings is 2. The molecule has 2 aromatic carbocycles. The van der Waals surface area contributed by atoms with E-state index in [0.717, 1.165) is 0 Å². The lowest BCUT2D eigenvalue weighted by Crippen LogP contribution is -2.31. The fourth-order valence-electron chi connectivity index (χ4n) is 3.15. The molecule has 0 saturated heterocycles. The largest absolute Gasteiger partial charge is 0.489 e. The highest BCUT2D eigenvalue weighted by atomic mass is 16.6. The molecule has 0 heterocycles. The summed E-state index contributed by atoms with van der Waals surface area (Å²) in [6.45, 7) is 5.76. The summed E-state index contributed by atoms with van der Waals surface area (Å²) in [5.41, 5.74) is 0.108. The quantitative estimate of drug-likeness (QED) is 0.265. The van der Waals surface area contributed by atoms with E-state index in [9.17, 15) is 24.0 Å². The molecule has 0 fully saturated rings. The number of hydrogen-bond acceptors (Lipinski definition) is 10. The molecule has 0 atom stereocenters. The van der Waals surface area contributed by atoms with Crippen LogP contribution >= 0.6 is 0 Å². The molecule has 186 valence electrons. The zero-order valence-electron chi connectivity index (χ0n) is 20.0. The minimum absolute atomic E-state index is 0.0381. The molecule has 2 aromatic rings. The second-order valence-electron chi connectivity index (χ2n) is 7.41. The zero-order valence-corrected chi connectivity index (χ0v) is 20.0. The first-order valence-electron chi connectivity index (χ1n) is 10.6. The van der Waals surface area contributed by atoms with Gasteiger partial charge in [0.2, 0.25) is 0 Å². The Balaban J connectivity index is 2.25. The van der Waals surface area contributed by atoms with Crippen molar-refractivity contribution < 1.29 is 47.7 Å². The topological polar surface area (TPSA) is 132 Å². The summed E-state index contributed by atoms with van der Waals surface area (Å²) in [4.78, 5) is 58.7. The van der Waals surface area contributed by atoms with Crippen molar-refractivity contribution in [2.75, 3.05) is 13.2 Å². The molecule has 0 N–H and O–H groups in total. The summed E-state index contributed by atoms with van der Waals surface area (Å²) in [6.07, 6.45) is -0.943. The SMILES string of the molecule is CC(=O)Oc1cccc(OCC(COc2cccc(OC(C)=O)c2C(C)=O)OC(C)=O)c1C(C)=O. The number of rotatable bonds is 11. The van der Waals surface area contributed by atoms with Crippen molar-refractivity contribution in [3.63, 3.8) is 0 Å². The molecular formula is C25H26O10. The summed E-state index contributed by atoms with van der Waals surface area (Å²) < 4.78 is 26.9. The van der Waals surface area contributed by atoms with Crippen molar-refractivity contribution in [1.29, 1.82) is 0 Å². The van der Waals surface area contributed by atoms with Crippen molar-refractivity contribution in [2.45, 2.75) is 40.7 Å². The minimum Gasteiger partial charge on any atom is -0.489 e. The Morgan fingerprint density at radius 1 is 0.600 bits per heavy atom. The number of ether oxygens (including phenoxy) is 5. The zero-order chi connectivity index (χ0) is 26.1. The summed E-state index contributed by atoms with van der Waals surface area (Å²) in [5, 5.41) is 0. The standard InChI is InChI=1S/C25H26O10/c1-14(26)24-20(8-6-10-22(24)34-17(4)29)31-12-19(33-16(3)28)13-32-21-9-7-11-23(35-18(5)30)25(21)15(2)27/h6-11,19H,12-13H2,1-5H3. The van der Waals surface area contributed by atoms with E-state index in [0.29, 0.717) is 0 Å². The van der Waals surface area contributed by atoms with Crippen LogP contribution in [-0.4, -0.2) is 48.8 Å². The van der Waals surface area contributed by atoms with E-state index in [1.165, 1.54) is 71.0 Å². The second kappa shape index (κ2) is 12.3. The normalized spacial score (nSPS) is 10.3. The average molecular weight is 486 g/mol. The maximum absolute atomic E-state index is 12.2. The molecule has 2 rings (SSSR count). The van der Waals surface area contributed by atoms with E-state index >= 15 is 0 Å². The Bertz CT molecular complexity index is 1050. The second-order valence-corrected chi connectivity index (χ2v) is 7.41. The summed E-state index contributed by atoms with van der Waals surface area (Å²) in [5.74, 6) is -2.29. The van der Waals surface area contributed by atoms with Crippen LogP contribution in [0.4, 0.5) is 0 Å². The third kappa shape index (κ3) is 7.95. The number of ketones is 2. The van der Waals surface area contributed by atoms with Crippen LogP contribution in [0.5, 0.6) is 23.0 Å². The molecule has 0 amide bonds. The van der Waals surface area contributed by atoms with Crippen molar-refractivity contribution in [2.24, 2.45) is 0 Å². The lowest BCUT2D eigenvalue weighted by Gasteiger charge is -2.21. The Morgan fingerprint density at radius 2 is 0.971 bits per heavy atom. The van der Waals surface area contributed by atoms with Gasteiger partial charge < -0.3 is 23.7 Å². The van der Waals surface area contributed by atoms with Crippen molar-refractivity contribution in [1.82, 2.24) is 0 Å². The van der Waals surface area contributed by atoms with Gasteiger partial charge in [0.05, 0.1) is 0 Å². The van der Waals surface area contributed by atoms with Crippen LogP contribution in [0.3, 0.4) is 0 Å². The number of Topliss-reactive ketones (excluding diaryl/α,β-unsaturated/α-hetero) is 2. The van der Waals surface area contributed by atoms with E-state index in [4.69, 9.17) is 23.7 Å². The van der Waals surface area contributed by atoms with Gasteiger partial charge >= 0.3 is 17.9 Å². The Kier molecular flexibility index (Phi) is 9.51. The van der Waals surface area contributed by atoms with E-state index in [1.807, 2.05) is 0 Å². The molecule has 0 saturated carbocycles. The monoisotopic (exact) mass is 486 g/mol. The fourth-order valence-corrected chi connectivity index (χ4v) is 3.15. The summed E-state index contributed by atoms with van der Waals surface area (Å²) in [7, 11) is 0. The number of hydrogen-bond donors (Lipinski definition) is 0. The first kappa shape index (κ1) is 27.0. The molecular weight excluding hydrogens is 460 g/mol. The molecule has 0 unspecified atom stereocenters. The van der Waals surface area contributed by atoms with Crippen molar-refractivity contribution >= 4 is 29.5 Å². The fraction of sp³-hybridized carbons (Fsp3) is 0.320. The molecule has 0 aliphatic heterocycles. The highest BCUT2D eigenvalue weighted by Crippen LogP contribution is 2.31. The number of carbonyl (C=O) groups is 5. The van der Waals surface area contributed by atoms with Crippen molar-refractivity contribution in [3.8, 4) is 23.0 Å². The average Bonchev–Trinajstić information content (AvgIpc) is 2.74. The van der Waals surface area contributed by atoms with E-state index < -0.39 is 35.6 Å². The lowest BCUT2D eigenvalue weighted by atomic mass is 10.1. The van der Waals surface area contributed by atoms with Gasteiger partial charge in [-0.2, -0.15) is 0 Å². The van der Waals surface area contributed by atoms with Gasteiger partial charge in [-0.3, -0.25) is 24.0 Å². The number of carbonyl (C=O) groups excluding carboxylic acids is 5. The predicted octanol–water partition coefficient (Wildman–Crippen LogP) is 3.33. The first-order chi connectivity index (χ1) is 16.5. The van der Waals surface area contributed by atoms with Gasteiger partial charge in [0.1, 0.15) is 47.3 Å². The van der Waals surface area contributed by atoms with Crippen LogP contribution in [-0.2, 0) is 19.1 Å². The molecule has 0 spiro atoms. The van der Waals surface area contributed by atoms with Crippen LogP contribution in [0.25, 0.3) is 0 Å². The summed E-state index contributed by atoms with van der Waals surface area (Å²) >= 11 is 0. The highest BCUT2D eigenvalue weighted by molar-refractivity contribution is 6.00. The molecule has 0 aliphatic carbocycles. The van der Waals surface area contributed by atoms with Gasteiger partial charge in [-0.1, -0.05) is 12.1 Å². The summed E-state index contributed by atoms with van der Waals surface area (Å²) in [6, 6.07) is 9.00. The van der Waals surface area contributed by atoms with Gasteiger partial charge in [0, 0.05) is 20.8 Å². The third-order valence-electron chi connectivity index (χ3n) is 4.37. The maximum atomic E-state index is 12.2. The van der Waals surface area contributed by atoms with Gasteiger partial charge in [-0.15, -0.1) is 0 Å². The molecule has 10 nitrogen and oxygen atoms in total. The predicted molar refractivity (Wildman–Crippen MR) is 122 cm³/mol. The Hall–Kier alpha value is -4.21. The van der Waals surface area contributed by atoms with Crippen LogP contribution in [0.2, 0.25) is 0 Å². The molecule has 35 heavy (non-hydrogen) atoms. The van der Waals surface area contributed by atoms with Crippen LogP contribution < -0.4 is 18.9 Å². The third-order valence-corrected chi connectivity index (χ3v) is 4.37. The van der Waals surface area contributed by atoms with Crippen LogP contribution in [0.1, 0.15) is 55.3 Å².